The minimum absolute atomic E-state index is 0.0272. The van der Waals surface area contributed by atoms with Crippen molar-refractivity contribution in [2.45, 2.75) is 33.7 Å². The number of aliphatic imine (C=N–C) groups is 1. The number of nitrogens with zero attached hydrogens (tertiary/aromatic N) is 2. The highest BCUT2D eigenvalue weighted by molar-refractivity contribution is 7.10. The van der Waals surface area contributed by atoms with Crippen molar-refractivity contribution in [3.63, 3.8) is 0 Å². The van der Waals surface area contributed by atoms with Crippen LogP contribution in [0.3, 0.4) is 0 Å². The van der Waals surface area contributed by atoms with Gasteiger partial charge in [0.15, 0.2) is 5.96 Å². The normalized spacial score (nSPS) is 17.2. The Balaban J connectivity index is 2.03. The highest BCUT2D eigenvalue weighted by atomic mass is 32.1. The second kappa shape index (κ2) is 11.4. The van der Waals surface area contributed by atoms with Gasteiger partial charge in [0.25, 0.3) is 0 Å². The van der Waals surface area contributed by atoms with Gasteiger partial charge in [-0.3, -0.25) is 14.7 Å². The molecule has 1 aromatic rings. The van der Waals surface area contributed by atoms with Crippen LogP contribution in [0.5, 0.6) is 0 Å². The van der Waals surface area contributed by atoms with Crippen molar-refractivity contribution in [1.82, 2.24) is 20.9 Å². The summed E-state index contributed by atoms with van der Waals surface area (Å²) in [5.41, 5.74) is -0.546. The molecule has 0 aliphatic carbocycles. The van der Waals surface area contributed by atoms with Crippen LogP contribution in [0.25, 0.3) is 0 Å². The van der Waals surface area contributed by atoms with E-state index in [9.17, 15) is 4.79 Å². The van der Waals surface area contributed by atoms with Gasteiger partial charge in [-0.15, -0.1) is 11.3 Å². The van der Waals surface area contributed by atoms with Gasteiger partial charge in [-0.05, 0) is 39.1 Å². The smallest absolute Gasteiger partial charge is 0.227 e. The van der Waals surface area contributed by atoms with Crippen LogP contribution >= 0.6 is 11.3 Å². The lowest BCUT2D eigenvalue weighted by atomic mass is 9.92. The van der Waals surface area contributed by atoms with Gasteiger partial charge in [-0.1, -0.05) is 6.07 Å². The summed E-state index contributed by atoms with van der Waals surface area (Å²) < 4.78 is 5.52. The first-order valence-electron chi connectivity index (χ1n) is 10.1. The second-order valence-electron chi connectivity index (χ2n) is 7.50. The van der Waals surface area contributed by atoms with Crippen molar-refractivity contribution in [3.8, 4) is 0 Å². The molecule has 1 unspecified atom stereocenters. The molecule has 1 aliphatic heterocycles. The van der Waals surface area contributed by atoms with Gasteiger partial charge >= 0.3 is 0 Å². The van der Waals surface area contributed by atoms with Gasteiger partial charge in [0.1, 0.15) is 0 Å². The highest BCUT2D eigenvalue weighted by Crippen LogP contribution is 2.25. The highest BCUT2D eigenvalue weighted by Gasteiger charge is 2.27. The predicted octanol–water partition coefficient (Wildman–Crippen LogP) is 1.84. The number of morpholine rings is 1. The topological polar surface area (TPSA) is 78.0 Å². The third-order valence-electron chi connectivity index (χ3n) is 4.75. The van der Waals surface area contributed by atoms with Gasteiger partial charge in [-0.25, -0.2) is 0 Å². The minimum Gasteiger partial charge on any atom is -0.379 e. The van der Waals surface area contributed by atoms with E-state index in [1.165, 1.54) is 4.88 Å². The second-order valence-corrected chi connectivity index (χ2v) is 8.48. The van der Waals surface area contributed by atoms with E-state index in [1.807, 2.05) is 27.7 Å². The lowest BCUT2D eigenvalue weighted by molar-refractivity contribution is -0.128. The standard InChI is InChI=1S/C20H35N5O2S/c1-5-21-18(26)20(3,4)15-24-19(22-6-2)23-14-16(17-8-7-13-28-17)25-9-11-27-12-10-25/h7-8,13,16H,5-6,9-12,14-15H2,1-4H3,(H,21,26)(H2,22,23,24). The molecule has 3 N–H and O–H groups in total. The van der Waals surface area contributed by atoms with Crippen LogP contribution in [0.2, 0.25) is 0 Å². The molecular formula is C20H35N5O2S. The van der Waals surface area contributed by atoms with E-state index in [1.54, 1.807) is 11.3 Å². The molecule has 2 rings (SSSR count). The molecule has 0 bridgehead atoms. The van der Waals surface area contributed by atoms with Gasteiger partial charge < -0.3 is 20.7 Å². The average molecular weight is 410 g/mol. The first-order valence-corrected chi connectivity index (χ1v) is 11.0. The van der Waals surface area contributed by atoms with Crippen LogP contribution in [0.1, 0.15) is 38.6 Å². The maximum absolute atomic E-state index is 12.2. The third kappa shape index (κ3) is 6.76. The Hall–Kier alpha value is -1.64. The lowest BCUT2D eigenvalue weighted by Crippen LogP contribution is -2.46. The molecule has 1 saturated heterocycles. The Morgan fingerprint density at radius 3 is 2.57 bits per heavy atom. The molecule has 0 spiro atoms. The van der Waals surface area contributed by atoms with E-state index in [4.69, 9.17) is 4.74 Å². The first-order chi connectivity index (χ1) is 13.5. The van der Waals surface area contributed by atoms with Gasteiger partial charge in [0.2, 0.25) is 5.91 Å². The molecule has 28 heavy (non-hydrogen) atoms. The number of hydrogen-bond donors (Lipinski definition) is 3. The average Bonchev–Trinajstić information content (AvgIpc) is 3.21. The molecule has 158 valence electrons. The largest absolute Gasteiger partial charge is 0.379 e. The zero-order valence-electron chi connectivity index (χ0n) is 17.6. The molecule has 1 amide bonds. The zero-order valence-corrected chi connectivity index (χ0v) is 18.4. The minimum atomic E-state index is -0.546. The van der Waals surface area contributed by atoms with E-state index in [0.717, 1.165) is 45.4 Å². The summed E-state index contributed by atoms with van der Waals surface area (Å²) in [5.74, 6) is 0.772. The molecule has 1 fully saturated rings. The summed E-state index contributed by atoms with van der Waals surface area (Å²) in [6.07, 6.45) is 0. The summed E-state index contributed by atoms with van der Waals surface area (Å²) in [4.78, 5) is 20.7. The number of guanidine groups is 1. The van der Waals surface area contributed by atoms with E-state index in [2.05, 4.69) is 43.4 Å². The monoisotopic (exact) mass is 409 g/mol. The maximum atomic E-state index is 12.2. The molecule has 2 heterocycles. The summed E-state index contributed by atoms with van der Waals surface area (Å²) in [6, 6.07) is 4.57. The quantitative estimate of drug-likeness (QED) is 0.428. The van der Waals surface area contributed by atoms with E-state index >= 15 is 0 Å². The Bertz CT molecular complexity index is 612. The fraction of sp³-hybridized carbons (Fsp3) is 0.700. The molecule has 0 radical (unpaired) electrons. The van der Waals surface area contributed by atoms with Crippen molar-refractivity contribution in [2.24, 2.45) is 10.4 Å². The van der Waals surface area contributed by atoms with Crippen LogP contribution in [0, 0.1) is 5.41 Å². The number of hydrogen-bond acceptors (Lipinski definition) is 5. The molecule has 1 atom stereocenters. The molecule has 1 aromatic heterocycles. The van der Waals surface area contributed by atoms with Crippen molar-refractivity contribution in [1.29, 1.82) is 0 Å². The predicted molar refractivity (Wildman–Crippen MR) is 116 cm³/mol. The van der Waals surface area contributed by atoms with Crippen molar-refractivity contribution >= 4 is 23.2 Å². The molecule has 1 aliphatic rings. The van der Waals surface area contributed by atoms with E-state index in [0.29, 0.717) is 13.1 Å². The van der Waals surface area contributed by atoms with Crippen LogP contribution in [-0.2, 0) is 9.53 Å². The number of carbonyl (C=O) groups is 1. The van der Waals surface area contributed by atoms with Crippen molar-refractivity contribution < 1.29 is 9.53 Å². The number of ether oxygens (including phenoxy) is 1. The first kappa shape index (κ1) is 22.6. The molecular weight excluding hydrogens is 374 g/mol. The Morgan fingerprint density at radius 2 is 1.96 bits per heavy atom. The van der Waals surface area contributed by atoms with Crippen LogP contribution in [-0.4, -0.2) is 69.2 Å². The van der Waals surface area contributed by atoms with Crippen molar-refractivity contribution in [2.75, 3.05) is 52.5 Å². The SMILES string of the molecule is CCNC(=O)C(C)(C)CN=C(NCC)NCC(c1cccs1)N1CCOCC1. The number of carbonyl (C=O) groups excluding carboxylic acids is 1. The number of rotatable bonds is 9. The summed E-state index contributed by atoms with van der Waals surface area (Å²) in [5, 5.41) is 11.8. The molecule has 0 saturated carbocycles. The van der Waals surface area contributed by atoms with Crippen LogP contribution in [0.15, 0.2) is 22.5 Å². The zero-order chi connectivity index (χ0) is 20.4. The fourth-order valence-electron chi connectivity index (χ4n) is 3.06. The van der Waals surface area contributed by atoms with Crippen molar-refractivity contribution in [3.05, 3.63) is 22.4 Å². The Morgan fingerprint density at radius 1 is 1.25 bits per heavy atom. The summed E-state index contributed by atoms with van der Waals surface area (Å²) in [6.45, 7) is 13.8. The van der Waals surface area contributed by atoms with Gasteiger partial charge in [0.05, 0.1) is 31.2 Å². The van der Waals surface area contributed by atoms with E-state index in [-0.39, 0.29) is 11.9 Å². The number of nitrogens with one attached hydrogen (secondary N) is 3. The molecule has 8 heteroatoms. The van der Waals surface area contributed by atoms with E-state index < -0.39 is 5.41 Å². The van der Waals surface area contributed by atoms with Crippen LogP contribution < -0.4 is 16.0 Å². The summed E-state index contributed by atoms with van der Waals surface area (Å²) in [7, 11) is 0. The Labute approximate surface area is 172 Å². The fourth-order valence-corrected chi connectivity index (χ4v) is 3.92. The maximum Gasteiger partial charge on any atom is 0.227 e. The summed E-state index contributed by atoms with van der Waals surface area (Å²) >= 11 is 1.78. The lowest BCUT2D eigenvalue weighted by Gasteiger charge is -2.34. The van der Waals surface area contributed by atoms with Gasteiger partial charge in [-0.2, -0.15) is 0 Å². The third-order valence-corrected chi connectivity index (χ3v) is 5.72. The number of amides is 1. The number of thiophene rings is 1. The Kier molecular flexibility index (Phi) is 9.21. The molecule has 7 nitrogen and oxygen atoms in total. The van der Waals surface area contributed by atoms with Crippen LogP contribution in [0.4, 0.5) is 0 Å². The van der Waals surface area contributed by atoms with Gasteiger partial charge in [0, 0.05) is 37.6 Å². The molecule has 0 aromatic carbocycles.